The molecule has 8 nitrogen and oxygen atoms in total. The summed E-state index contributed by atoms with van der Waals surface area (Å²) in [5.74, 6) is 0.460. The second-order valence-electron chi connectivity index (χ2n) is 7.30. The number of amides is 1. The number of amidine groups is 1. The Labute approximate surface area is 210 Å². The standard InChI is InChI=1S/C13H15N3O2S.C6H4BrF.C4H9NO2/c1-2-18-13(17)9-8-15-11(12-14-5-7-19-12)16-6-3-4-10(9)16;7-5-2-1-3-6(8)4-5;1-3(2)7-4(5)6/h5,7H,2-4,6,8H2,1H3;1-4H;3H,1-2H3,(H2,5,6). The number of rotatable bonds is 4. The van der Waals surface area contributed by atoms with Crippen LogP contribution in [0.15, 0.2) is 56.6 Å². The van der Waals surface area contributed by atoms with E-state index in [4.69, 9.17) is 4.74 Å². The van der Waals surface area contributed by atoms with Crippen molar-refractivity contribution in [1.29, 1.82) is 0 Å². The normalized spacial score (nSPS) is 14.3. The highest BCUT2D eigenvalue weighted by Gasteiger charge is 2.32. The van der Waals surface area contributed by atoms with Crippen molar-refractivity contribution in [3.05, 3.63) is 62.4 Å². The molecule has 2 aliphatic heterocycles. The highest BCUT2D eigenvalue weighted by Crippen LogP contribution is 2.31. The molecule has 0 spiro atoms. The molecular weight excluding hydrogens is 527 g/mol. The number of esters is 1. The first-order valence-corrected chi connectivity index (χ1v) is 12.4. The van der Waals surface area contributed by atoms with E-state index in [0.29, 0.717) is 18.7 Å². The van der Waals surface area contributed by atoms with Crippen molar-refractivity contribution in [3.63, 3.8) is 0 Å². The summed E-state index contributed by atoms with van der Waals surface area (Å²) in [7, 11) is 0. The Morgan fingerprint density at radius 2 is 2.12 bits per heavy atom. The minimum Gasteiger partial charge on any atom is -0.463 e. The molecular formula is C23H28BrFN4O4S. The number of halogens is 2. The molecule has 184 valence electrons. The van der Waals surface area contributed by atoms with E-state index < -0.39 is 6.09 Å². The molecule has 1 aromatic heterocycles. The van der Waals surface area contributed by atoms with Crippen molar-refractivity contribution in [2.24, 2.45) is 10.7 Å². The first kappa shape index (κ1) is 27.5. The first-order valence-electron chi connectivity index (χ1n) is 10.7. The van der Waals surface area contributed by atoms with Gasteiger partial charge < -0.3 is 20.1 Å². The number of hydrogen-bond donors (Lipinski definition) is 1. The van der Waals surface area contributed by atoms with Gasteiger partial charge in [-0.25, -0.2) is 19.0 Å². The largest absolute Gasteiger partial charge is 0.463 e. The van der Waals surface area contributed by atoms with Crippen molar-refractivity contribution in [3.8, 4) is 0 Å². The van der Waals surface area contributed by atoms with E-state index in [1.54, 1.807) is 43.5 Å². The lowest BCUT2D eigenvalue weighted by Crippen LogP contribution is -2.33. The summed E-state index contributed by atoms with van der Waals surface area (Å²) < 4.78 is 22.4. The van der Waals surface area contributed by atoms with E-state index in [-0.39, 0.29) is 17.9 Å². The van der Waals surface area contributed by atoms with Crippen LogP contribution in [0.1, 0.15) is 38.6 Å². The number of nitrogens with zero attached hydrogens (tertiary/aromatic N) is 3. The summed E-state index contributed by atoms with van der Waals surface area (Å²) in [6.07, 6.45) is 2.93. The maximum absolute atomic E-state index is 12.1. The number of primary amides is 1. The molecule has 1 fully saturated rings. The Morgan fingerprint density at radius 1 is 1.35 bits per heavy atom. The van der Waals surface area contributed by atoms with E-state index in [9.17, 15) is 14.0 Å². The molecule has 2 aliphatic rings. The van der Waals surface area contributed by atoms with Crippen LogP contribution >= 0.6 is 27.3 Å². The SMILES string of the molecule is CC(C)OC(N)=O.CCOC(=O)C1=C2CCCN2C(c2nccs2)=NC1.Fc1cccc(Br)c1. The predicted octanol–water partition coefficient (Wildman–Crippen LogP) is 4.89. The van der Waals surface area contributed by atoms with Gasteiger partial charge in [0, 0.05) is 28.3 Å². The van der Waals surface area contributed by atoms with Crippen LogP contribution in [0.25, 0.3) is 0 Å². The van der Waals surface area contributed by atoms with Gasteiger partial charge in [-0.2, -0.15) is 0 Å². The summed E-state index contributed by atoms with van der Waals surface area (Å²) in [6, 6.07) is 6.26. The van der Waals surface area contributed by atoms with Crippen molar-refractivity contribution < 1.29 is 23.5 Å². The highest BCUT2D eigenvalue weighted by atomic mass is 79.9. The molecule has 2 aromatic rings. The maximum atomic E-state index is 12.1. The number of aliphatic imine (C=N–C) groups is 1. The number of carbonyl (C=O) groups excluding carboxylic acids is 2. The zero-order chi connectivity index (χ0) is 25.1. The number of carbonyl (C=O) groups is 2. The Hall–Kier alpha value is -2.79. The number of allylic oxidation sites excluding steroid dienone is 1. The molecule has 0 saturated carbocycles. The van der Waals surface area contributed by atoms with Crippen LogP contribution < -0.4 is 5.73 Å². The number of benzene rings is 1. The van der Waals surface area contributed by atoms with E-state index in [2.05, 4.69) is 41.3 Å². The number of thiazole rings is 1. The Morgan fingerprint density at radius 3 is 2.62 bits per heavy atom. The number of nitrogens with two attached hydrogens (primary N) is 1. The summed E-state index contributed by atoms with van der Waals surface area (Å²) in [4.78, 5) is 32.7. The average Bonchev–Trinajstić information content (AvgIpc) is 3.45. The lowest BCUT2D eigenvalue weighted by Gasteiger charge is -2.26. The van der Waals surface area contributed by atoms with Crippen LogP contribution in [-0.4, -0.2) is 53.6 Å². The summed E-state index contributed by atoms with van der Waals surface area (Å²) in [5, 5.41) is 2.86. The number of hydrogen-bond acceptors (Lipinski definition) is 8. The summed E-state index contributed by atoms with van der Waals surface area (Å²) >= 11 is 4.70. The van der Waals surface area contributed by atoms with Gasteiger partial charge in [0.2, 0.25) is 0 Å². The van der Waals surface area contributed by atoms with Gasteiger partial charge in [0.1, 0.15) is 5.82 Å². The fourth-order valence-electron chi connectivity index (χ4n) is 3.16. The van der Waals surface area contributed by atoms with Gasteiger partial charge in [-0.1, -0.05) is 22.0 Å². The molecule has 0 atom stereocenters. The zero-order valence-corrected chi connectivity index (χ0v) is 21.7. The zero-order valence-electron chi connectivity index (χ0n) is 19.3. The third-order valence-electron chi connectivity index (χ3n) is 4.40. The molecule has 11 heteroatoms. The van der Waals surface area contributed by atoms with Crippen molar-refractivity contribution in [1.82, 2.24) is 9.88 Å². The molecule has 1 aromatic carbocycles. The molecule has 34 heavy (non-hydrogen) atoms. The van der Waals surface area contributed by atoms with Crippen molar-refractivity contribution in [2.45, 2.75) is 39.7 Å². The molecule has 0 bridgehead atoms. The fourth-order valence-corrected chi connectivity index (χ4v) is 4.19. The highest BCUT2D eigenvalue weighted by molar-refractivity contribution is 9.10. The minimum atomic E-state index is -0.713. The molecule has 3 heterocycles. The fraction of sp³-hybridized carbons (Fsp3) is 0.391. The molecule has 0 unspecified atom stereocenters. The number of ether oxygens (including phenoxy) is 2. The quantitative estimate of drug-likeness (QED) is 0.539. The third kappa shape index (κ3) is 8.53. The van der Waals surface area contributed by atoms with E-state index >= 15 is 0 Å². The average molecular weight is 555 g/mol. The van der Waals surface area contributed by atoms with Crippen LogP contribution in [0.4, 0.5) is 9.18 Å². The van der Waals surface area contributed by atoms with Crippen molar-refractivity contribution >= 4 is 45.2 Å². The molecule has 2 N–H and O–H groups in total. The lowest BCUT2D eigenvalue weighted by atomic mass is 10.1. The molecule has 4 rings (SSSR count). The number of aromatic nitrogens is 1. The number of fused-ring (bicyclic) bond motifs is 1. The van der Waals surface area contributed by atoms with E-state index in [1.807, 2.05) is 12.3 Å². The van der Waals surface area contributed by atoms with Gasteiger partial charge in [-0.3, -0.25) is 4.99 Å². The lowest BCUT2D eigenvalue weighted by molar-refractivity contribution is -0.138. The van der Waals surface area contributed by atoms with Gasteiger partial charge in [-0.15, -0.1) is 11.3 Å². The smallest absolute Gasteiger partial charge is 0.404 e. The molecule has 1 amide bonds. The second-order valence-corrected chi connectivity index (χ2v) is 9.11. The minimum absolute atomic E-state index is 0.0995. The van der Waals surface area contributed by atoms with Gasteiger partial charge in [0.05, 0.1) is 24.8 Å². The van der Waals surface area contributed by atoms with Crippen LogP contribution in [-0.2, 0) is 14.3 Å². The molecule has 0 aliphatic carbocycles. The third-order valence-corrected chi connectivity index (χ3v) is 5.66. The molecule has 0 radical (unpaired) electrons. The van der Waals surface area contributed by atoms with E-state index in [0.717, 1.165) is 40.4 Å². The monoisotopic (exact) mass is 554 g/mol. The van der Waals surface area contributed by atoms with Crippen LogP contribution in [0.3, 0.4) is 0 Å². The summed E-state index contributed by atoms with van der Waals surface area (Å²) in [5.41, 5.74) is 6.41. The van der Waals surface area contributed by atoms with Gasteiger partial charge >= 0.3 is 12.1 Å². The Bertz CT molecular complexity index is 1010. The first-order chi connectivity index (χ1) is 16.2. The van der Waals surface area contributed by atoms with Gasteiger partial charge in [-0.05, 0) is 51.8 Å². The van der Waals surface area contributed by atoms with Crippen LogP contribution in [0.2, 0.25) is 0 Å². The van der Waals surface area contributed by atoms with Crippen molar-refractivity contribution in [2.75, 3.05) is 19.7 Å². The second kappa shape index (κ2) is 13.8. The molecule has 1 saturated heterocycles. The Kier molecular flexibility index (Phi) is 11.1. The van der Waals surface area contributed by atoms with Gasteiger partial charge in [0.15, 0.2) is 10.8 Å². The Balaban J connectivity index is 0.000000225. The van der Waals surface area contributed by atoms with Gasteiger partial charge in [0.25, 0.3) is 0 Å². The topological polar surface area (TPSA) is 107 Å². The summed E-state index contributed by atoms with van der Waals surface area (Å²) in [6.45, 7) is 7.01. The predicted molar refractivity (Wildman–Crippen MR) is 133 cm³/mol. The maximum Gasteiger partial charge on any atom is 0.404 e. The van der Waals surface area contributed by atoms with Crippen LogP contribution in [0, 0.1) is 5.82 Å². The van der Waals surface area contributed by atoms with E-state index in [1.165, 1.54) is 12.1 Å². The van der Waals surface area contributed by atoms with Crippen LogP contribution in [0.5, 0.6) is 0 Å².